The highest BCUT2D eigenvalue weighted by Gasteiger charge is 2.35. The Bertz CT molecular complexity index is 353. The van der Waals surface area contributed by atoms with Crippen molar-refractivity contribution in [2.45, 2.75) is 6.92 Å². The molecule has 2 aliphatic rings. The molecule has 6 heteroatoms. The smallest absolute Gasteiger partial charge is 0.268 e. The molecule has 0 saturated carbocycles. The average Bonchev–Trinajstić information content (AvgIpc) is 2.71. The van der Waals surface area contributed by atoms with Crippen LogP contribution in [0, 0.1) is 0 Å². The van der Waals surface area contributed by atoms with Gasteiger partial charge in [0.05, 0.1) is 5.03 Å². The molecule has 0 aromatic rings. The first-order valence-electron chi connectivity index (χ1n) is 4.77. The summed E-state index contributed by atoms with van der Waals surface area (Å²) in [6.45, 7) is 3.62. The number of thioether (sulfide) groups is 2. The van der Waals surface area contributed by atoms with Gasteiger partial charge in [0.1, 0.15) is 9.23 Å². The molecule has 0 atom stereocenters. The number of carbonyl (C=O) groups is 1. The summed E-state index contributed by atoms with van der Waals surface area (Å²) in [6, 6.07) is 0. The van der Waals surface area contributed by atoms with E-state index in [0.29, 0.717) is 10.9 Å². The molecule has 0 N–H and O–H groups in total. The van der Waals surface area contributed by atoms with Crippen molar-refractivity contribution in [2.24, 2.45) is 0 Å². The molecule has 15 heavy (non-hydrogen) atoms. The fourth-order valence-electron chi connectivity index (χ4n) is 1.53. The van der Waals surface area contributed by atoms with Crippen LogP contribution in [0.15, 0.2) is 9.93 Å². The second kappa shape index (κ2) is 4.35. The van der Waals surface area contributed by atoms with Gasteiger partial charge in [-0.25, -0.2) is 0 Å². The molecular formula is C9H12N2OS3. The molecule has 2 heterocycles. The van der Waals surface area contributed by atoms with Crippen LogP contribution in [0.4, 0.5) is 0 Å². The largest absolute Gasteiger partial charge is 0.368 e. The lowest BCUT2D eigenvalue weighted by molar-refractivity contribution is -0.122. The number of rotatable bonds is 1. The Kier molecular flexibility index (Phi) is 3.27. The highest BCUT2D eigenvalue weighted by molar-refractivity contribution is 8.27. The van der Waals surface area contributed by atoms with Crippen LogP contribution in [-0.4, -0.2) is 45.9 Å². The first-order valence-corrected chi connectivity index (χ1v) is 6.98. The minimum absolute atomic E-state index is 0.0729. The Morgan fingerprint density at radius 1 is 1.53 bits per heavy atom. The van der Waals surface area contributed by atoms with Gasteiger partial charge >= 0.3 is 0 Å². The van der Waals surface area contributed by atoms with E-state index in [1.807, 2.05) is 14.0 Å². The van der Waals surface area contributed by atoms with Gasteiger partial charge in [0.15, 0.2) is 0 Å². The Morgan fingerprint density at radius 2 is 2.27 bits per heavy atom. The van der Waals surface area contributed by atoms with Crippen molar-refractivity contribution in [1.29, 1.82) is 0 Å². The summed E-state index contributed by atoms with van der Waals surface area (Å²) in [5.41, 5.74) is 0. The van der Waals surface area contributed by atoms with E-state index in [-0.39, 0.29) is 5.91 Å². The molecule has 0 aromatic heterocycles. The van der Waals surface area contributed by atoms with Crippen molar-refractivity contribution in [3.8, 4) is 0 Å². The van der Waals surface area contributed by atoms with Crippen molar-refractivity contribution in [3.05, 3.63) is 9.93 Å². The second-order valence-electron chi connectivity index (χ2n) is 3.32. The Balaban J connectivity index is 2.32. The van der Waals surface area contributed by atoms with Gasteiger partial charge < -0.3 is 4.90 Å². The molecule has 0 radical (unpaired) electrons. The van der Waals surface area contributed by atoms with Gasteiger partial charge in [-0.2, -0.15) is 0 Å². The standard InChI is InChI=1S/C9H12N2OS3/c1-3-11-7(12)6(15-9(11)13)8-10(2)4-5-14-8/h3-5H2,1-2H3. The van der Waals surface area contributed by atoms with Gasteiger partial charge in [0.2, 0.25) is 0 Å². The van der Waals surface area contributed by atoms with Crippen molar-refractivity contribution >= 4 is 46.0 Å². The normalized spacial score (nSPS) is 27.1. The molecule has 2 fully saturated rings. The van der Waals surface area contributed by atoms with Gasteiger partial charge in [-0.3, -0.25) is 9.69 Å². The Morgan fingerprint density at radius 3 is 2.73 bits per heavy atom. The van der Waals surface area contributed by atoms with Gasteiger partial charge in [-0.15, -0.1) is 11.8 Å². The van der Waals surface area contributed by atoms with Crippen molar-refractivity contribution < 1.29 is 4.79 Å². The molecule has 3 nitrogen and oxygen atoms in total. The summed E-state index contributed by atoms with van der Waals surface area (Å²) in [5.74, 6) is 1.13. The van der Waals surface area contributed by atoms with Crippen LogP contribution in [0.5, 0.6) is 0 Å². The zero-order valence-electron chi connectivity index (χ0n) is 8.65. The first kappa shape index (κ1) is 11.3. The second-order valence-corrected chi connectivity index (χ2v) is 6.05. The maximum absolute atomic E-state index is 12.0. The van der Waals surface area contributed by atoms with E-state index in [9.17, 15) is 4.79 Å². The minimum Gasteiger partial charge on any atom is -0.368 e. The predicted molar refractivity (Wildman–Crippen MR) is 69.7 cm³/mol. The third kappa shape index (κ3) is 1.90. The summed E-state index contributed by atoms with van der Waals surface area (Å²) in [6.07, 6.45) is 0. The van der Waals surface area contributed by atoms with E-state index in [4.69, 9.17) is 12.2 Å². The van der Waals surface area contributed by atoms with E-state index in [0.717, 1.165) is 22.2 Å². The van der Waals surface area contributed by atoms with Crippen LogP contribution in [0.1, 0.15) is 6.92 Å². The summed E-state index contributed by atoms with van der Waals surface area (Å²) in [7, 11) is 2.02. The summed E-state index contributed by atoms with van der Waals surface area (Å²) < 4.78 is 0.686. The highest BCUT2D eigenvalue weighted by atomic mass is 32.2. The maximum atomic E-state index is 12.0. The molecule has 82 valence electrons. The van der Waals surface area contributed by atoms with E-state index < -0.39 is 0 Å². The quantitative estimate of drug-likeness (QED) is 0.528. The number of amides is 1. The molecule has 2 saturated heterocycles. The fraction of sp³-hybridized carbons (Fsp3) is 0.556. The molecule has 1 amide bonds. The lowest BCUT2D eigenvalue weighted by Gasteiger charge is -2.13. The van der Waals surface area contributed by atoms with Gasteiger partial charge in [-0.1, -0.05) is 24.0 Å². The highest BCUT2D eigenvalue weighted by Crippen LogP contribution is 2.40. The lowest BCUT2D eigenvalue weighted by Crippen LogP contribution is -2.28. The van der Waals surface area contributed by atoms with E-state index in [1.54, 1.807) is 16.7 Å². The molecule has 2 aliphatic heterocycles. The van der Waals surface area contributed by atoms with Crippen LogP contribution in [0.2, 0.25) is 0 Å². The number of carbonyl (C=O) groups excluding carboxylic acids is 1. The third-order valence-corrected chi connectivity index (χ3v) is 5.11. The summed E-state index contributed by atoms with van der Waals surface area (Å²) >= 11 is 8.35. The fourth-order valence-corrected chi connectivity index (χ4v) is 4.32. The maximum Gasteiger partial charge on any atom is 0.268 e. The van der Waals surface area contributed by atoms with Crippen LogP contribution in [0.3, 0.4) is 0 Å². The summed E-state index contributed by atoms with van der Waals surface area (Å²) in [4.78, 5) is 16.6. The Hall–Kier alpha value is -0.200. The van der Waals surface area contributed by atoms with Crippen LogP contribution in [-0.2, 0) is 4.79 Å². The van der Waals surface area contributed by atoms with E-state index >= 15 is 0 Å². The van der Waals surface area contributed by atoms with Crippen LogP contribution in [0.25, 0.3) is 0 Å². The van der Waals surface area contributed by atoms with E-state index in [1.165, 1.54) is 11.8 Å². The topological polar surface area (TPSA) is 23.6 Å². The third-order valence-electron chi connectivity index (χ3n) is 2.37. The predicted octanol–water partition coefficient (Wildman–Crippen LogP) is 1.71. The molecule has 0 aliphatic carbocycles. The van der Waals surface area contributed by atoms with Crippen molar-refractivity contribution in [3.63, 3.8) is 0 Å². The number of nitrogens with zero attached hydrogens (tertiary/aromatic N) is 2. The molecule has 0 spiro atoms. The van der Waals surface area contributed by atoms with Crippen molar-refractivity contribution in [2.75, 3.05) is 25.9 Å². The average molecular weight is 260 g/mol. The number of hydrogen-bond acceptors (Lipinski definition) is 5. The molecular weight excluding hydrogens is 248 g/mol. The monoisotopic (exact) mass is 260 g/mol. The number of likely N-dealkylation sites (N-methyl/N-ethyl adjacent to an activating group) is 1. The molecule has 0 aromatic carbocycles. The summed E-state index contributed by atoms with van der Waals surface area (Å²) in [5, 5.41) is 1.09. The first-order chi connectivity index (χ1) is 7.15. The van der Waals surface area contributed by atoms with Crippen LogP contribution >= 0.6 is 35.7 Å². The molecule has 2 rings (SSSR count). The van der Waals surface area contributed by atoms with Gasteiger partial charge in [0, 0.05) is 25.9 Å². The zero-order chi connectivity index (χ0) is 11.0. The Labute approximate surface area is 103 Å². The van der Waals surface area contributed by atoms with Gasteiger partial charge in [0.25, 0.3) is 5.91 Å². The van der Waals surface area contributed by atoms with Crippen LogP contribution < -0.4 is 0 Å². The SMILES string of the molecule is CCN1C(=O)C(=C2SCCN2C)SC1=S. The minimum atomic E-state index is 0.0729. The lowest BCUT2D eigenvalue weighted by atomic mass is 10.4. The number of hydrogen-bond donors (Lipinski definition) is 0. The van der Waals surface area contributed by atoms with Crippen molar-refractivity contribution in [1.82, 2.24) is 9.80 Å². The zero-order valence-corrected chi connectivity index (χ0v) is 11.1. The number of thiocarbonyl (C=S) groups is 1. The molecule has 0 unspecified atom stereocenters. The molecule has 0 bridgehead atoms. The van der Waals surface area contributed by atoms with Gasteiger partial charge in [-0.05, 0) is 6.92 Å². The van der Waals surface area contributed by atoms with E-state index in [2.05, 4.69) is 4.90 Å².